The van der Waals surface area contributed by atoms with Gasteiger partial charge in [-0.15, -0.1) is 11.3 Å². The molecule has 0 saturated carbocycles. The van der Waals surface area contributed by atoms with Crippen LogP contribution in [0, 0.1) is 0 Å². The Morgan fingerprint density at radius 2 is 2.09 bits per heavy atom. The van der Waals surface area contributed by atoms with Gasteiger partial charge in [0.1, 0.15) is 0 Å². The first-order valence-corrected chi connectivity index (χ1v) is 8.89. The summed E-state index contributed by atoms with van der Waals surface area (Å²) in [6.07, 6.45) is 2.43. The largest absolute Gasteiger partial charge is 0.378 e. The van der Waals surface area contributed by atoms with Gasteiger partial charge in [-0.3, -0.25) is 4.79 Å². The highest BCUT2D eigenvalue weighted by molar-refractivity contribution is 7.14. The summed E-state index contributed by atoms with van der Waals surface area (Å²) in [5.41, 5.74) is 4.28. The van der Waals surface area contributed by atoms with Crippen LogP contribution >= 0.6 is 11.3 Å². The number of fused-ring (bicyclic) bond motifs is 1. The SMILES string of the molecule is O=C1CCCc2cc(-c3csc(N4CCOCC4)n3)ccc2N1. The number of benzene rings is 1. The molecule has 1 amide bonds. The van der Waals surface area contributed by atoms with Crippen molar-refractivity contribution in [3.63, 3.8) is 0 Å². The highest BCUT2D eigenvalue weighted by atomic mass is 32.1. The second-order valence-electron chi connectivity index (χ2n) is 5.89. The van der Waals surface area contributed by atoms with Gasteiger partial charge >= 0.3 is 0 Å². The number of ether oxygens (including phenoxy) is 1. The normalized spacial score (nSPS) is 18.3. The first-order chi connectivity index (χ1) is 11.3. The van der Waals surface area contributed by atoms with E-state index in [1.165, 1.54) is 5.56 Å². The first kappa shape index (κ1) is 14.7. The zero-order chi connectivity index (χ0) is 15.6. The van der Waals surface area contributed by atoms with Gasteiger partial charge in [-0.2, -0.15) is 0 Å². The molecule has 1 aromatic heterocycles. The van der Waals surface area contributed by atoms with Crippen LogP contribution in [0.25, 0.3) is 11.3 Å². The number of carbonyl (C=O) groups is 1. The van der Waals surface area contributed by atoms with E-state index in [1.54, 1.807) is 11.3 Å². The second-order valence-corrected chi connectivity index (χ2v) is 6.72. The summed E-state index contributed by atoms with van der Waals surface area (Å²) in [7, 11) is 0. The molecule has 0 atom stereocenters. The summed E-state index contributed by atoms with van der Waals surface area (Å²) in [6, 6.07) is 6.21. The molecule has 1 N–H and O–H groups in total. The molecule has 120 valence electrons. The zero-order valence-electron chi connectivity index (χ0n) is 12.9. The molecule has 2 aliphatic rings. The number of rotatable bonds is 2. The van der Waals surface area contributed by atoms with Crippen molar-refractivity contribution >= 4 is 28.1 Å². The lowest BCUT2D eigenvalue weighted by atomic mass is 10.0. The second kappa shape index (κ2) is 6.29. The van der Waals surface area contributed by atoms with Crippen molar-refractivity contribution in [2.45, 2.75) is 19.3 Å². The maximum atomic E-state index is 11.6. The van der Waals surface area contributed by atoms with Gasteiger partial charge in [-0.1, -0.05) is 6.07 Å². The number of carbonyl (C=O) groups excluding carboxylic acids is 1. The fraction of sp³-hybridized carbons (Fsp3) is 0.412. The van der Waals surface area contributed by atoms with Gasteiger partial charge in [0.15, 0.2) is 5.13 Å². The predicted molar refractivity (Wildman–Crippen MR) is 92.1 cm³/mol. The number of morpholine rings is 1. The first-order valence-electron chi connectivity index (χ1n) is 8.01. The van der Waals surface area contributed by atoms with Gasteiger partial charge < -0.3 is 15.0 Å². The number of anilines is 2. The van der Waals surface area contributed by atoms with Gasteiger partial charge in [0.2, 0.25) is 5.91 Å². The third-order valence-electron chi connectivity index (χ3n) is 4.30. The molecule has 6 heteroatoms. The minimum atomic E-state index is 0.111. The standard InChI is InChI=1S/C17H19N3O2S/c21-16-3-1-2-12-10-13(4-5-14(12)18-16)15-11-23-17(19-15)20-6-8-22-9-7-20/h4-5,10-11H,1-3,6-9H2,(H,18,21). The minimum absolute atomic E-state index is 0.111. The molecule has 2 aliphatic heterocycles. The van der Waals surface area contributed by atoms with Crippen molar-refractivity contribution in [2.24, 2.45) is 0 Å². The quantitative estimate of drug-likeness (QED) is 0.920. The van der Waals surface area contributed by atoms with Gasteiger partial charge in [0, 0.05) is 36.1 Å². The highest BCUT2D eigenvalue weighted by Crippen LogP contribution is 2.31. The molecule has 0 unspecified atom stereocenters. The molecule has 5 nitrogen and oxygen atoms in total. The van der Waals surface area contributed by atoms with E-state index in [4.69, 9.17) is 9.72 Å². The van der Waals surface area contributed by atoms with Gasteiger partial charge in [0.05, 0.1) is 18.9 Å². The smallest absolute Gasteiger partial charge is 0.224 e. The van der Waals surface area contributed by atoms with E-state index in [-0.39, 0.29) is 5.91 Å². The van der Waals surface area contributed by atoms with E-state index in [0.717, 1.165) is 61.2 Å². The van der Waals surface area contributed by atoms with Crippen LogP contribution in [0.4, 0.5) is 10.8 Å². The average molecular weight is 329 g/mol. The molecule has 23 heavy (non-hydrogen) atoms. The van der Waals surface area contributed by atoms with Crippen LogP contribution in [0.1, 0.15) is 18.4 Å². The number of nitrogens with one attached hydrogen (secondary N) is 1. The van der Waals surface area contributed by atoms with Crippen LogP contribution < -0.4 is 10.2 Å². The third kappa shape index (κ3) is 3.09. The van der Waals surface area contributed by atoms with E-state index >= 15 is 0 Å². The van der Waals surface area contributed by atoms with Crippen LogP contribution in [0.3, 0.4) is 0 Å². The molecule has 4 rings (SSSR count). The number of hydrogen-bond donors (Lipinski definition) is 1. The number of thiazole rings is 1. The van der Waals surface area contributed by atoms with E-state index in [0.29, 0.717) is 6.42 Å². The Morgan fingerprint density at radius 1 is 1.22 bits per heavy atom. The molecule has 2 aromatic rings. The van der Waals surface area contributed by atoms with Crippen molar-refractivity contribution in [1.29, 1.82) is 0 Å². The lowest BCUT2D eigenvalue weighted by Gasteiger charge is -2.26. The summed E-state index contributed by atoms with van der Waals surface area (Å²) in [5, 5.41) is 6.15. The number of hydrogen-bond acceptors (Lipinski definition) is 5. The Hall–Kier alpha value is -1.92. The fourth-order valence-electron chi connectivity index (χ4n) is 3.03. The maximum absolute atomic E-state index is 11.6. The fourth-order valence-corrected chi connectivity index (χ4v) is 3.92. The molecule has 3 heterocycles. The number of aryl methyl sites for hydroxylation is 1. The zero-order valence-corrected chi connectivity index (χ0v) is 13.7. The van der Waals surface area contributed by atoms with Crippen molar-refractivity contribution < 1.29 is 9.53 Å². The minimum Gasteiger partial charge on any atom is -0.378 e. The Kier molecular flexibility index (Phi) is 4.01. The lowest BCUT2D eigenvalue weighted by molar-refractivity contribution is -0.116. The Morgan fingerprint density at radius 3 is 2.96 bits per heavy atom. The van der Waals surface area contributed by atoms with Crippen LogP contribution in [-0.4, -0.2) is 37.2 Å². The topological polar surface area (TPSA) is 54.5 Å². The molecule has 0 radical (unpaired) electrons. The Balaban J connectivity index is 1.60. The molecule has 1 aromatic carbocycles. The van der Waals surface area contributed by atoms with Crippen molar-refractivity contribution in [3.8, 4) is 11.3 Å². The van der Waals surface area contributed by atoms with Crippen molar-refractivity contribution in [2.75, 3.05) is 36.5 Å². The van der Waals surface area contributed by atoms with Crippen LogP contribution in [0.15, 0.2) is 23.6 Å². The molecule has 1 saturated heterocycles. The van der Waals surface area contributed by atoms with Crippen LogP contribution in [0.5, 0.6) is 0 Å². The van der Waals surface area contributed by atoms with Crippen molar-refractivity contribution in [1.82, 2.24) is 4.98 Å². The van der Waals surface area contributed by atoms with E-state index in [2.05, 4.69) is 21.7 Å². The summed E-state index contributed by atoms with van der Waals surface area (Å²) in [6.45, 7) is 3.35. The van der Waals surface area contributed by atoms with Gasteiger partial charge in [0.25, 0.3) is 0 Å². The summed E-state index contributed by atoms with van der Waals surface area (Å²) >= 11 is 1.68. The third-order valence-corrected chi connectivity index (χ3v) is 5.20. The van der Waals surface area contributed by atoms with Gasteiger partial charge in [-0.05, 0) is 30.5 Å². The number of amides is 1. The lowest BCUT2D eigenvalue weighted by Crippen LogP contribution is -2.36. The summed E-state index contributed by atoms with van der Waals surface area (Å²) in [5.74, 6) is 0.111. The maximum Gasteiger partial charge on any atom is 0.224 e. The van der Waals surface area contributed by atoms with E-state index in [1.807, 2.05) is 12.1 Å². The van der Waals surface area contributed by atoms with Crippen LogP contribution in [0.2, 0.25) is 0 Å². The summed E-state index contributed by atoms with van der Waals surface area (Å²) in [4.78, 5) is 18.7. The van der Waals surface area contributed by atoms with E-state index in [9.17, 15) is 4.79 Å². The van der Waals surface area contributed by atoms with E-state index < -0.39 is 0 Å². The Bertz CT molecular complexity index is 722. The molecule has 0 spiro atoms. The Labute approximate surface area is 139 Å². The monoisotopic (exact) mass is 329 g/mol. The number of aromatic nitrogens is 1. The van der Waals surface area contributed by atoms with Gasteiger partial charge in [-0.25, -0.2) is 4.98 Å². The molecule has 0 bridgehead atoms. The average Bonchev–Trinajstić information content (AvgIpc) is 2.99. The molecular formula is C17H19N3O2S. The molecule has 1 fully saturated rings. The molecular weight excluding hydrogens is 310 g/mol. The highest BCUT2D eigenvalue weighted by Gasteiger charge is 2.17. The van der Waals surface area contributed by atoms with Crippen molar-refractivity contribution in [3.05, 3.63) is 29.1 Å². The summed E-state index contributed by atoms with van der Waals surface area (Å²) < 4.78 is 5.40. The number of nitrogens with zero attached hydrogens (tertiary/aromatic N) is 2. The van der Waals surface area contributed by atoms with Crippen LogP contribution in [-0.2, 0) is 16.0 Å². The molecule has 0 aliphatic carbocycles. The predicted octanol–water partition coefficient (Wildman–Crippen LogP) is 2.92.